The van der Waals surface area contributed by atoms with Gasteiger partial charge in [0.1, 0.15) is 0 Å². The van der Waals surface area contributed by atoms with Crippen LogP contribution in [-0.4, -0.2) is 28.0 Å². The van der Waals surface area contributed by atoms with Crippen molar-refractivity contribution in [3.63, 3.8) is 0 Å². The zero-order chi connectivity index (χ0) is 7.07. The van der Waals surface area contributed by atoms with E-state index in [1.807, 2.05) is 0 Å². The number of hydrogen-bond donors (Lipinski definition) is 2. The maximum atomic E-state index is 12.5. The highest BCUT2D eigenvalue weighted by molar-refractivity contribution is 5.78. The summed E-state index contributed by atoms with van der Waals surface area (Å²) in [6, 6.07) is 0. The number of aliphatic hydroxyl groups excluding tert-OH is 1. The molecule has 1 aliphatic carbocycles. The highest BCUT2D eigenvalue weighted by Crippen LogP contribution is 2.36. The smallest absolute Gasteiger partial charge is 0.341 e. The number of rotatable bonds is 1. The van der Waals surface area contributed by atoms with Gasteiger partial charge in [0, 0.05) is 12.8 Å². The second-order valence-electron chi connectivity index (χ2n) is 2.33. The second-order valence-corrected chi connectivity index (χ2v) is 2.33. The van der Waals surface area contributed by atoms with Gasteiger partial charge in [-0.25, -0.2) is 9.18 Å². The van der Waals surface area contributed by atoms with Crippen molar-refractivity contribution in [2.75, 3.05) is 0 Å². The molecule has 3 nitrogen and oxygen atoms in total. The van der Waals surface area contributed by atoms with Crippen molar-refractivity contribution in [3.05, 3.63) is 0 Å². The molecular formula is C5H7FO3. The van der Waals surface area contributed by atoms with Crippen molar-refractivity contribution in [2.24, 2.45) is 0 Å². The molecule has 1 saturated carbocycles. The molecule has 1 aliphatic rings. The maximum absolute atomic E-state index is 12.5. The number of hydrogen-bond acceptors (Lipinski definition) is 2. The second kappa shape index (κ2) is 1.67. The fourth-order valence-corrected chi connectivity index (χ4v) is 0.862. The van der Waals surface area contributed by atoms with E-state index in [0.717, 1.165) is 0 Å². The standard InChI is InChI=1S/C5H7FO3/c6-5(4(8)9)1-3(7)2-5/h3,7H,1-2H2,(H,8,9). The number of carbonyl (C=O) groups is 1. The van der Waals surface area contributed by atoms with Gasteiger partial charge in [0.05, 0.1) is 6.10 Å². The van der Waals surface area contributed by atoms with Crippen LogP contribution in [0.25, 0.3) is 0 Å². The van der Waals surface area contributed by atoms with Gasteiger partial charge in [-0.1, -0.05) is 0 Å². The van der Waals surface area contributed by atoms with E-state index < -0.39 is 17.7 Å². The van der Waals surface area contributed by atoms with E-state index in [1.54, 1.807) is 0 Å². The van der Waals surface area contributed by atoms with Gasteiger partial charge >= 0.3 is 5.97 Å². The Kier molecular flexibility index (Phi) is 1.20. The van der Waals surface area contributed by atoms with Gasteiger partial charge in [0.2, 0.25) is 5.67 Å². The first kappa shape index (κ1) is 6.48. The van der Waals surface area contributed by atoms with Crippen LogP contribution in [0.15, 0.2) is 0 Å². The minimum absolute atomic E-state index is 0.262. The lowest BCUT2D eigenvalue weighted by atomic mass is 9.79. The summed E-state index contributed by atoms with van der Waals surface area (Å²) in [5.41, 5.74) is -2.14. The fraction of sp³-hybridized carbons (Fsp3) is 0.800. The molecule has 0 radical (unpaired) electrons. The number of halogens is 1. The lowest BCUT2D eigenvalue weighted by Gasteiger charge is -2.33. The number of carboxylic acid groups (broad SMARTS) is 1. The van der Waals surface area contributed by atoms with Crippen LogP contribution in [-0.2, 0) is 4.79 Å². The summed E-state index contributed by atoms with van der Waals surface area (Å²) in [4.78, 5) is 9.96. The first-order chi connectivity index (χ1) is 4.04. The van der Waals surface area contributed by atoms with Gasteiger partial charge < -0.3 is 10.2 Å². The quantitative estimate of drug-likeness (QED) is 0.528. The molecule has 0 saturated heterocycles. The van der Waals surface area contributed by atoms with E-state index in [2.05, 4.69) is 0 Å². The summed E-state index contributed by atoms with van der Waals surface area (Å²) >= 11 is 0. The van der Waals surface area contributed by atoms with Crippen LogP contribution in [0.5, 0.6) is 0 Å². The molecule has 0 heterocycles. The zero-order valence-corrected chi connectivity index (χ0v) is 4.67. The number of aliphatic carboxylic acids is 1. The molecule has 0 atom stereocenters. The van der Waals surface area contributed by atoms with E-state index in [4.69, 9.17) is 10.2 Å². The van der Waals surface area contributed by atoms with Crippen LogP contribution < -0.4 is 0 Å². The molecule has 0 aromatic heterocycles. The Bertz CT molecular complexity index is 139. The van der Waals surface area contributed by atoms with Crippen LogP contribution in [0.4, 0.5) is 4.39 Å². The minimum atomic E-state index is -2.14. The number of carboxylic acids is 1. The first-order valence-electron chi connectivity index (χ1n) is 2.65. The molecule has 1 fully saturated rings. The molecule has 1 rings (SSSR count). The monoisotopic (exact) mass is 134 g/mol. The highest BCUT2D eigenvalue weighted by atomic mass is 19.1. The topological polar surface area (TPSA) is 57.5 Å². The maximum Gasteiger partial charge on any atom is 0.341 e. The summed E-state index contributed by atoms with van der Waals surface area (Å²) in [6.07, 6.45) is -1.28. The van der Waals surface area contributed by atoms with Gasteiger partial charge in [-0.15, -0.1) is 0 Å². The van der Waals surface area contributed by atoms with Crippen molar-refractivity contribution >= 4 is 5.97 Å². The van der Waals surface area contributed by atoms with Gasteiger partial charge in [-0.3, -0.25) is 0 Å². The van der Waals surface area contributed by atoms with Crippen molar-refractivity contribution in [1.29, 1.82) is 0 Å². The summed E-state index contributed by atoms with van der Waals surface area (Å²) in [5.74, 6) is -1.46. The molecule has 0 amide bonds. The molecule has 0 spiro atoms. The molecular weight excluding hydrogens is 127 g/mol. The Morgan fingerprint density at radius 2 is 2.11 bits per heavy atom. The van der Waals surface area contributed by atoms with Crippen molar-refractivity contribution < 1.29 is 19.4 Å². The Morgan fingerprint density at radius 3 is 2.22 bits per heavy atom. The summed E-state index contributed by atoms with van der Waals surface area (Å²) < 4.78 is 12.5. The van der Waals surface area contributed by atoms with Crippen molar-refractivity contribution in [1.82, 2.24) is 0 Å². The van der Waals surface area contributed by atoms with E-state index in [9.17, 15) is 9.18 Å². The van der Waals surface area contributed by atoms with Gasteiger partial charge in [-0.05, 0) is 0 Å². The number of alkyl halides is 1. The summed E-state index contributed by atoms with van der Waals surface area (Å²) in [7, 11) is 0. The molecule has 2 N–H and O–H groups in total. The lowest BCUT2D eigenvalue weighted by Crippen LogP contribution is -2.49. The Labute approximate surface area is 51.1 Å². The molecule has 0 unspecified atom stereocenters. The molecule has 0 bridgehead atoms. The van der Waals surface area contributed by atoms with E-state index in [1.165, 1.54) is 0 Å². The first-order valence-corrected chi connectivity index (χ1v) is 2.65. The largest absolute Gasteiger partial charge is 0.479 e. The average Bonchev–Trinajstić information content (AvgIpc) is 1.62. The Balaban J connectivity index is 2.50. The predicted molar refractivity (Wildman–Crippen MR) is 26.7 cm³/mol. The summed E-state index contributed by atoms with van der Waals surface area (Å²) in [5, 5.41) is 16.7. The third kappa shape index (κ3) is 0.896. The SMILES string of the molecule is O=C(O)C1(F)CC(O)C1. The van der Waals surface area contributed by atoms with Gasteiger partial charge in [-0.2, -0.15) is 0 Å². The van der Waals surface area contributed by atoms with Crippen molar-refractivity contribution in [3.8, 4) is 0 Å². The van der Waals surface area contributed by atoms with Gasteiger partial charge in [0.15, 0.2) is 0 Å². The van der Waals surface area contributed by atoms with Crippen LogP contribution >= 0.6 is 0 Å². The Hall–Kier alpha value is -0.640. The molecule has 0 aromatic rings. The molecule has 52 valence electrons. The fourth-order valence-electron chi connectivity index (χ4n) is 0.862. The molecule has 4 heteroatoms. The van der Waals surface area contributed by atoms with Crippen molar-refractivity contribution in [2.45, 2.75) is 24.6 Å². The summed E-state index contributed by atoms with van der Waals surface area (Å²) in [6.45, 7) is 0. The molecule has 0 aliphatic heterocycles. The van der Waals surface area contributed by atoms with E-state index in [-0.39, 0.29) is 12.8 Å². The molecule has 0 aromatic carbocycles. The average molecular weight is 134 g/mol. The Morgan fingerprint density at radius 1 is 1.67 bits per heavy atom. The third-order valence-corrected chi connectivity index (χ3v) is 1.50. The van der Waals surface area contributed by atoms with Crippen LogP contribution in [0.2, 0.25) is 0 Å². The van der Waals surface area contributed by atoms with E-state index >= 15 is 0 Å². The van der Waals surface area contributed by atoms with Crippen LogP contribution in [0.3, 0.4) is 0 Å². The lowest BCUT2D eigenvalue weighted by molar-refractivity contribution is -0.166. The van der Waals surface area contributed by atoms with Gasteiger partial charge in [0.25, 0.3) is 0 Å². The van der Waals surface area contributed by atoms with E-state index in [0.29, 0.717) is 0 Å². The predicted octanol–water partition coefficient (Wildman–Crippen LogP) is -0.0660. The highest BCUT2D eigenvalue weighted by Gasteiger charge is 2.50. The molecule has 9 heavy (non-hydrogen) atoms. The number of aliphatic hydroxyl groups is 1. The van der Waals surface area contributed by atoms with Crippen LogP contribution in [0.1, 0.15) is 12.8 Å². The normalized spacial score (nSPS) is 41.8. The third-order valence-electron chi connectivity index (χ3n) is 1.50. The van der Waals surface area contributed by atoms with Crippen LogP contribution in [0, 0.1) is 0 Å². The minimum Gasteiger partial charge on any atom is -0.479 e. The zero-order valence-electron chi connectivity index (χ0n) is 4.67.